The number of anilines is 1. The Morgan fingerprint density at radius 1 is 1.03 bits per heavy atom. The number of carboxylic acid groups (broad SMARTS) is 1. The predicted molar refractivity (Wildman–Crippen MR) is 136 cm³/mol. The Morgan fingerprint density at radius 3 is 2.55 bits per heavy atom. The third-order valence-corrected chi connectivity index (χ3v) is 6.25. The maximum atomic E-state index is 13.6. The Balaban J connectivity index is 1.28. The van der Waals surface area contributed by atoms with Gasteiger partial charge in [0.2, 0.25) is 0 Å². The molecule has 1 aromatic heterocycles. The van der Waals surface area contributed by atoms with E-state index in [2.05, 4.69) is 10.3 Å². The number of carboxylic acids is 1. The fourth-order valence-electron chi connectivity index (χ4n) is 4.03. The first-order chi connectivity index (χ1) is 18.3. The molecule has 7 nitrogen and oxygen atoms in total. The number of benzene rings is 3. The lowest BCUT2D eigenvalue weighted by Gasteiger charge is -2.24. The fourth-order valence-corrected chi connectivity index (χ4v) is 4.25. The summed E-state index contributed by atoms with van der Waals surface area (Å²) >= 11 is 6.34. The van der Waals surface area contributed by atoms with Crippen LogP contribution in [0.3, 0.4) is 0 Å². The van der Waals surface area contributed by atoms with Gasteiger partial charge in [0.1, 0.15) is 23.1 Å². The lowest BCUT2D eigenvalue weighted by atomic mass is 9.93. The zero-order valence-electron chi connectivity index (χ0n) is 19.6. The quantitative estimate of drug-likeness (QED) is 0.285. The zero-order chi connectivity index (χ0) is 26.8. The molecule has 0 aliphatic carbocycles. The van der Waals surface area contributed by atoms with Gasteiger partial charge in [-0.3, -0.25) is 9.59 Å². The van der Waals surface area contributed by atoms with E-state index < -0.39 is 29.4 Å². The molecule has 192 valence electrons. The number of carbonyl (C=O) groups is 2. The summed E-state index contributed by atoms with van der Waals surface area (Å²) in [7, 11) is 0. The lowest BCUT2D eigenvalue weighted by Crippen LogP contribution is -2.20. The van der Waals surface area contributed by atoms with E-state index in [4.69, 9.17) is 21.1 Å². The molecule has 38 heavy (non-hydrogen) atoms. The van der Waals surface area contributed by atoms with E-state index in [0.717, 1.165) is 12.1 Å². The second-order valence-electron chi connectivity index (χ2n) is 8.47. The summed E-state index contributed by atoms with van der Waals surface area (Å²) in [6, 6.07) is 17.6. The van der Waals surface area contributed by atoms with Crippen LogP contribution >= 0.6 is 11.6 Å². The number of pyridine rings is 1. The molecule has 1 aliphatic rings. The second-order valence-corrected chi connectivity index (χ2v) is 8.87. The minimum Gasteiger partial charge on any atom is -0.493 e. The third-order valence-electron chi connectivity index (χ3n) is 5.95. The Hall–Kier alpha value is -4.50. The molecule has 0 spiro atoms. The summed E-state index contributed by atoms with van der Waals surface area (Å²) in [6.07, 6.45) is 0.354. The summed E-state index contributed by atoms with van der Waals surface area (Å²) in [5, 5.41) is 12.3. The SMILES string of the molecule is O=C(Nc1cccc(-c2ccc(F)c(F)c2)n1)c1ccc(Oc2cc3c(cc2Cl)C(C(=O)O)CCO3)cc1. The molecule has 4 aromatic rings. The van der Waals surface area contributed by atoms with Crippen LogP contribution in [-0.4, -0.2) is 28.6 Å². The highest BCUT2D eigenvalue weighted by Gasteiger charge is 2.29. The van der Waals surface area contributed by atoms with E-state index in [1.54, 1.807) is 48.5 Å². The second kappa shape index (κ2) is 10.5. The molecule has 1 unspecified atom stereocenters. The monoisotopic (exact) mass is 536 g/mol. The first-order valence-corrected chi connectivity index (χ1v) is 11.9. The lowest BCUT2D eigenvalue weighted by molar-refractivity contribution is -0.139. The van der Waals surface area contributed by atoms with Crippen LogP contribution < -0.4 is 14.8 Å². The third kappa shape index (κ3) is 5.28. The molecule has 2 N–H and O–H groups in total. The van der Waals surface area contributed by atoms with Crippen molar-refractivity contribution < 1.29 is 33.0 Å². The molecule has 0 fully saturated rings. The molecule has 1 amide bonds. The molecule has 10 heteroatoms. The topological polar surface area (TPSA) is 97.8 Å². The van der Waals surface area contributed by atoms with Crippen LogP contribution in [0.25, 0.3) is 11.3 Å². The van der Waals surface area contributed by atoms with Gasteiger partial charge in [-0.05, 0) is 67.1 Å². The van der Waals surface area contributed by atoms with Crippen molar-refractivity contribution in [3.05, 3.63) is 101 Å². The van der Waals surface area contributed by atoms with E-state index in [-0.39, 0.29) is 23.2 Å². The maximum absolute atomic E-state index is 13.6. The van der Waals surface area contributed by atoms with E-state index in [1.165, 1.54) is 12.1 Å². The van der Waals surface area contributed by atoms with Gasteiger partial charge in [-0.1, -0.05) is 17.7 Å². The molecular weight excluding hydrogens is 518 g/mol. The molecule has 3 aromatic carbocycles. The van der Waals surface area contributed by atoms with Crippen molar-refractivity contribution in [2.24, 2.45) is 0 Å². The van der Waals surface area contributed by atoms with Crippen LogP contribution in [0.4, 0.5) is 14.6 Å². The number of aliphatic carboxylic acids is 1. The van der Waals surface area contributed by atoms with Crippen molar-refractivity contribution in [2.45, 2.75) is 12.3 Å². The Bertz CT molecular complexity index is 1550. The normalized spacial score (nSPS) is 14.2. The molecule has 1 aliphatic heterocycles. The number of aromatic nitrogens is 1. The Kier molecular flexibility index (Phi) is 6.93. The predicted octanol–water partition coefficient (Wildman–Crippen LogP) is 6.68. The molecule has 0 bridgehead atoms. The van der Waals surface area contributed by atoms with Crippen molar-refractivity contribution in [1.29, 1.82) is 0 Å². The van der Waals surface area contributed by atoms with Crippen molar-refractivity contribution >= 4 is 29.3 Å². The highest BCUT2D eigenvalue weighted by molar-refractivity contribution is 6.32. The number of nitrogens with zero attached hydrogens (tertiary/aromatic N) is 1. The number of hydrogen-bond donors (Lipinski definition) is 2. The van der Waals surface area contributed by atoms with Gasteiger partial charge in [0.25, 0.3) is 5.91 Å². The number of halogens is 3. The van der Waals surface area contributed by atoms with E-state index in [1.807, 2.05) is 0 Å². The molecule has 0 radical (unpaired) electrons. The van der Waals surface area contributed by atoms with Gasteiger partial charge >= 0.3 is 5.97 Å². The minimum atomic E-state index is -0.991. The summed E-state index contributed by atoms with van der Waals surface area (Å²) in [5.74, 6) is -2.72. The first-order valence-electron chi connectivity index (χ1n) is 11.5. The maximum Gasteiger partial charge on any atom is 0.311 e. The molecule has 5 rings (SSSR count). The van der Waals surface area contributed by atoms with Crippen LogP contribution in [0.2, 0.25) is 5.02 Å². The molecule has 1 atom stereocenters. The van der Waals surface area contributed by atoms with Crippen molar-refractivity contribution in [3.8, 4) is 28.5 Å². The number of amides is 1. The number of carbonyl (C=O) groups excluding carboxylic acids is 1. The number of hydrogen-bond acceptors (Lipinski definition) is 5. The van der Waals surface area contributed by atoms with Gasteiger partial charge in [-0.15, -0.1) is 0 Å². The van der Waals surface area contributed by atoms with Crippen molar-refractivity contribution in [3.63, 3.8) is 0 Å². The van der Waals surface area contributed by atoms with Crippen LogP contribution in [0.15, 0.2) is 72.8 Å². The van der Waals surface area contributed by atoms with E-state index >= 15 is 0 Å². The van der Waals surface area contributed by atoms with Gasteiger partial charge < -0.3 is 19.9 Å². The molecule has 0 saturated carbocycles. The van der Waals surface area contributed by atoms with Crippen LogP contribution in [-0.2, 0) is 4.79 Å². The van der Waals surface area contributed by atoms with Gasteiger partial charge in [-0.25, -0.2) is 13.8 Å². The summed E-state index contributed by atoms with van der Waals surface area (Å²) in [4.78, 5) is 28.6. The smallest absolute Gasteiger partial charge is 0.311 e. The average Bonchev–Trinajstić information content (AvgIpc) is 2.91. The van der Waals surface area contributed by atoms with Crippen LogP contribution in [0.1, 0.15) is 28.3 Å². The van der Waals surface area contributed by atoms with Crippen molar-refractivity contribution in [2.75, 3.05) is 11.9 Å². The summed E-state index contributed by atoms with van der Waals surface area (Å²) < 4.78 is 38.3. The Morgan fingerprint density at radius 2 is 1.82 bits per heavy atom. The number of fused-ring (bicyclic) bond motifs is 1. The molecule has 2 heterocycles. The zero-order valence-corrected chi connectivity index (χ0v) is 20.3. The molecular formula is C28H19ClF2N2O5. The Labute approximate surface area is 220 Å². The number of rotatable bonds is 6. The summed E-state index contributed by atoms with van der Waals surface area (Å²) in [6.45, 7) is 0.271. The van der Waals surface area contributed by atoms with Gasteiger partial charge in [0, 0.05) is 22.8 Å². The average molecular weight is 537 g/mol. The first kappa shape index (κ1) is 25.2. The highest BCUT2D eigenvalue weighted by Crippen LogP contribution is 2.41. The van der Waals surface area contributed by atoms with Crippen LogP contribution in [0.5, 0.6) is 17.2 Å². The number of nitrogens with one attached hydrogen (secondary N) is 1. The minimum absolute atomic E-state index is 0.231. The van der Waals surface area contributed by atoms with Crippen molar-refractivity contribution in [1.82, 2.24) is 4.98 Å². The van der Waals surface area contributed by atoms with Gasteiger partial charge in [0.15, 0.2) is 11.6 Å². The van der Waals surface area contributed by atoms with E-state index in [9.17, 15) is 23.5 Å². The fraction of sp³-hybridized carbons (Fsp3) is 0.107. The molecule has 0 saturated heterocycles. The standard InChI is InChI=1S/C28H19ClF2N2O5/c29-20-13-19-18(28(35)36)10-11-37-24(19)14-25(20)38-17-7-4-15(5-8-17)27(34)33-26-3-1-2-23(32-26)16-6-9-21(30)22(31)12-16/h1-9,12-14,18H,10-11H2,(H,35,36)(H,32,33,34). The van der Waals surface area contributed by atoms with Crippen LogP contribution in [0, 0.1) is 11.6 Å². The summed E-state index contributed by atoms with van der Waals surface area (Å²) in [5.41, 5.74) is 1.55. The number of ether oxygens (including phenoxy) is 2. The van der Waals surface area contributed by atoms with Gasteiger partial charge in [0.05, 0.1) is 23.2 Å². The van der Waals surface area contributed by atoms with Gasteiger partial charge in [-0.2, -0.15) is 0 Å². The highest BCUT2D eigenvalue weighted by atomic mass is 35.5. The largest absolute Gasteiger partial charge is 0.493 e. The van der Waals surface area contributed by atoms with E-state index in [0.29, 0.717) is 40.3 Å².